The number of nitrogens with zero attached hydrogens (tertiary/aromatic N) is 2. The molecule has 0 saturated carbocycles. The number of rotatable bonds is 3. The van der Waals surface area contributed by atoms with Crippen molar-refractivity contribution in [3.63, 3.8) is 0 Å². The SMILES string of the molecule is Cc1cccc(C2CCCCN2C(=O)c2cc(C(=O)O)ccn2)c1C. The number of carboxylic acids is 1. The lowest BCUT2D eigenvalue weighted by Crippen LogP contribution is -2.39. The van der Waals surface area contributed by atoms with Gasteiger partial charge in [-0.25, -0.2) is 4.79 Å². The summed E-state index contributed by atoms with van der Waals surface area (Å²) in [6.45, 7) is 4.83. The minimum atomic E-state index is -1.05. The Hall–Kier alpha value is -2.69. The van der Waals surface area contributed by atoms with Gasteiger partial charge in [0.1, 0.15) is 5.69 Å². The van der Waals surface area contributed by atoms with Crippen LogP contribution in [0.5, 0.6) is 0 Å². The van der Waals surface area contributed by atoms with Gasteiger partial charge >= 0.3 is 5.97 Å². The molecule has 1 fully saturated rings. The van der Waals surface area contributed by atoms with Crippen molar-refractivity contribution in [1.29, 1.82) is 0 Å². The Bertz CT molecular complexity index is 816. The lowest BCUT2D eigenvalue weighted by Gasteiger charge is -2.37. The quantitative estimate of drug-likeness (QED) is 0.925. The minimum Gasteiger partial charge on any atom is -0.478 e. The van der Waals surface area contributed by atoms with E-state index in [4.69, 9.17) is 5.11 Å². The van der Waals surface area contributed by atoms with Crippen LogP contribution < -0.4 is 0 Å². The van der Waals surface area contributed by atoms with E-state index < -0.39 is 5.97 Å². The van der Waals surface area contributed by atoms with E-state index in [0.29, 0.717) is 6.54 Å². The number of aryl methyl sites for hydroxylation is 1. The third-order valence-corrected chi connectivity index (χ3v) is 5.00. The van der Waals surface area contributed by atoms with Crippen LogP contribution in [0.1, 0.15) is 62.8 Å². The van der Waals surface area contributed by atoms with Crippen molar-refractivity contribution >= 4 is 11.9 Å². The number of pyridine rings is 1. The van der Waals surface area contributed by atoms with Gasteiger partial charge in [0.05, 0.1) is 11.6 Å². The minimum absolute atomic E-state index is 0.0106. The predicted molar refractivity (Wildman–Crippen MR) is 94.7 cm³/mol. The molecule has 0 bridgehead atoms. The van der Waals surface area contributed by atoms with Crippen molar-refractivity contribution in [3.05, 3.63) is 64.5 Å². The molecule has 1 atom stereocenters. The van der Waals surface area contributed by atoms with E-state index in [1.54, 1.807) is 0 Å². The van der Waals surface area contributed by atoms with Crippen LogP contribution in [-0.2, 0) is 0 Å². The Morgan fingerprint density at radius 3 is 2.76 bits per heavy atom. The van der Waals surface area contributed by atoms with Crippen LogP contribution in [0, 0.1) is 13.8 Å². The molecule has 0 radical (unpaired) electrons. The molecule has 5 heteroatoms. The smallest absolute Gasteiger partial charge is 0.335 e. The molecule has 1 N–H and O–H groups in total. The van der Waals surface area contributed by atoms with Crippen molar-refractivity contribution in [2.24, 2.45) is 0 Å². The third kappa shape index (κ3) is 3.40. The number of hydrogen-bond acceptors (Lipinski definition) is 3. The number of amides is 1. The third-order valence-electron chi connectivity index (χ3n) is 5.00. The topological polar surface area (TPSA) is 70.5 Å². The second-order valence-electron chi connectivity index (χ2n) is 6.53. The summed E-state index contributed by atoms with van der Waals surface area (Å²) in [5.74, 6) is -1.25. The first-order valence-corrected chi connectivity index (χ1v) is 8.55. The summed E-state index contributed by atoms with van der Waals surface area (Å²) >= 11 is 0. The van der Waals surface area contributed by atoms with Crippen molar-refractivity contribution in [2.45, 2.75) is 39.2 Å². The molecule has 1 aliphatic heterocycles. The largest absolute Gasteiger partial charge is 0.478 e. The summed E-state index contributed by atoms with van der Waals surface area (Å²) in [7, 11) is 0. The summed E-state index contributed by atoms with van der Waals surface area (Å²) < 4.78 is 0. The Morgan fingerprint density at radius 1 is 1.20 bits per heavy atom. The summed E-state index contributed by atoms with van der Waals surface area (Å²) in [5, 5.41) is 9.15. The number of carboxylic acid groups (broad SMARTS) is 1. The molecule has 2 aromatic rings. The van der Waals surface area contributed by atoms with Crippen LogP contribution >= 0.6 is 0 Å². The maximum atomic E-state index is 13.0. The van der Waals surface area contributed by atoms with Gasteiger partial charge in [0.15, 0.2) is 0 Å². The molecule has 1 amide bonds. The number of likely N-dealkylation sites (tertiary alicyclic amines) is 1. The van der Waals surface area contributed by atoms with Gasteiger partial charge in [-0.3, -0.25) is 9.78 Å². The lowest BCUT2D eigenvalue weighted by molar-refractivity contribution is 0.0604. The summed E-state index contributed by atoms with van der Waals surface area (Å²) in [5.41, 5.74) is 3.86. The number of aromatic nitrogens is 1. The molecule has 130 valence electrons. The van der Waals surface area contributed by atoms with Crippen LogP contribution in [0.25, 0.3) is 0 Å². The second-order valence-corrected chi connectivity index (χ2v) is 6.53. The van der Waals surface area contributed by atoms with Gasteiger partial charge in [-0.1, -0.05) is 18.2 Å². The second kappa shape index (κ2) is 7.05. The van der Waals surface area contributed by atoms with E-state index in [-0.39, 0.29) is 23.2 Å². The van der Waals surface area contributed by atoms with Gasteiger partial charge in [-0.05, 0) is 61.9 Å². The van der Waals surface area contributed by atoms with E-state index in [1.165, 1.54) is 35.0 Å². The van der Waals surface area contributed by atoms with E-state index in [0.717, 1.165) is 19.3 Å². The molecular formula is C20H22N2O3. The van der Waals surface area contributed by atoms with Crippen molar-refractivity contribution in [1.82, 2.24) is 9.88 Å². The molecule has 25 heavy (non-hydrogen) atoms. The number of carbonyl (C=O) groups is 2. The number of aromatic carboxylic acids is 1. The molecule has 5 nitrogen and oxygen atoms in total. The van der Waals surface area contributed by atoms with Gasteiger partial charge < -0.3 is 10.0 Å². The fourth-order valence-corrected chi connectivity index (χ4v) is 3.46. The molecule has 1 aliphatic rings. The van der Waals surface area contributed by atoms with Crippen LogP contribution in [0.4, 0.5) is 0 Å². The first-order valence-electron chi connectivity index (χ1n) is 8.55. The average molecular weight is 338 g/mol. The Kier molecular flexibility index (Phi) is 4.83. The van der Waals surface area contributed by atoms with Crippen molar-refractivity contribution < 1.29 is 14.7 Å². The summed E-state index contributed by atoms with van der Waals surface area (Å²) in [4.78, 5) is 30.1. The maximum Gasteiger partial charge on any atom is 0.335 e. The van der Waals surface area contributed by atoms with Crippen LogP contribution in [0.3, 0.4) is 0 Å². The Morgan fingerprint density at radius 2 is 2.00 bits per heavy atom. The molecule has 2 heterocycles. The van der Waals surface area contributed by atoms with Gasteiger partial charge in [0.2, 0.25) is 0 Å². The van der Waals surface area contributed by atoms with Gasteiger partial charge in [0.25, 0.3) is 5.91 Å². The zero-order valence-corrected chi connectivity index (χ0v) is 14.5. The van der Waals surface area contributed by atoms with Crippen LogP contribution in [0.2, 0.25) is 0 Å². The first-order chi connectivity index (χ1) is 12.0. The monoisotopic (exact) mass is 338 g/mol. The highest BCUT2D eigenvalue weighted by atomic mass is 16.4. The predicted octanol–water partition coefficient (Wildman–Crippen LogP) is 3.76. The highest BCUT2D eigenvalue weighted by molar-refractivity contribution is 5.96. The molecular weight excluding hydrogens is 316 g/mol. The average Bonchev–Trinajstić information content (AvgIpc) is 2.63. The number of piperidine rings is 1. The normalized spacial score (nSPS) is 17.4. The standard InChI is InChI=1S/C20H22N2O3/c1-13-6-5-7-16(14(13)2)18-8-3-4-11-22(18)19(23)17-12-15(20(24)25)9-10-21-17/h5-7,9-10,12,18H,3-4,8,11H2,1-2H3,(H,24,25). The number of carbonyl (C=O) groups excluding carboxylic acids is 1. The van der Waals surface area contributed by atoms with E-state index >= 15 is 0 Å². The lowest BCUT2D eigenvalue weighted by atomic mass is 9.90. The van der Waals surface area contributed by atoms with E-state index in [2.05, 4.69) is 31.0 Å². The summed E-state index contributed by atoms with van der Waals surface area (Å²) in [6, 6.07) is 8.96. The molecule has 0 spiro atoms. The molecule has 0 aliphatic carbocycles. The van der Waals surface area contributed by atoms with Gasteiger partial charge in [0, 0.05) is 12.7 Å². The Labute approximate surface area is 147 Å². The van der Waals surface area contributed by atoms with E-state index in [1.807, 2.05) is 11.0 Å². The molecule has 1 unspecified atom stereocenters. The highest BCUT2D eigenvalue weighted by Crippen LogP contribution is 2.34. The van der Waals surface area contributed by atoms with Gasteiger partial charge in [-0.15, -0.1) is 0 Å². The highest BCUT2D eigenvalue weighted by Gasteiger charge is 2.30. The zero-order chi connectivity index (χ0) is 18.0. The maximum absolute atomic E-state index is 13.0. The van der Waals surface area contributed by atoms with Crippen LogP contribution in [0.15, 0.2) is 36.5 Å². The number of hydrogen-bond donors (Lipinski definition) is 1. The van der Waals surface area contributed by atoms with Crippen molar-refractivity contribution in [2.75, 3.05) is 6.54 Å². The molecule has 1 aromatic heterocycles. The summed E-state index contributed by atoms with van der Waals surface area (Å²) in [6.07, 6.45) is 4.32. The first kappa shape index (κ1) is 17.1. The molecule has 1 aromatic carbocycles. The zero-order valence-electron chi connectivity index (χ0n) is 14.5. The number of benzene rings is 1. The fraction of sp³-hybridized carbons (Fsp3) is 0.350. The van der Waals surface area contributed by atoms with Gasteiger partial charge in [-0.2, -0.15) is 0 Å². The molecule has 3 rings (SSSR count). The molecule has 1 saturated heterocycles. The van der Waals surface area contributed by atoms with Crippen molar-refractivity contribution in [3.8, 4) is 0 Å². The fourth-order valence-electron chi connectivity index (χ4n) is 3.46. The Balaban J connectivity index is 1.96. The van der Waals surface area contributed by atoms with E-state index in [9.17, 15) is 9.59 Å². The van der Waals surface area contributed by atoms with Crippen LogP contribution in [-0.4, -0.2) is 33.4 Å².